The van der Waals surface area contributed by atoms with E-state index in [1.54, 1.807) is 0 Å². The number of rotatable bonds is 1. The molecule has 15 heavy (non-hydrogen) atoms. The minimum absolute atomic E-state index is 0.105. The fourth-order valence-electron chi connectivity index (χ4n) is 1.19. The van der Waals surface area contributed by atoms with Crippen molar-refractivity contribution in [1.29, 1.82) is 0 Å². The molecule has 2 aromatic rings. The molecule has 2 aromatic heterocycles. The molecule has 0 saturated heterocycles. The first-order valence-corrected chi connectivity index (χ1v) is 4.04. The average Bonchev–Trinajstić information content (AvgIpc) is 2.62. The quantitative estimate of drug-likeness (QED) is 0.745. The number of alkyl halides is 3. The van der Waals surface area contributed by atoms with Crippen LogP contribution in [-0.4, -0.2) is 22.0 Å². The Morgan fingerprint density at radius 3 is 2.73 bits per heavy atom. The lowest BCUT2D eigenvalue weighted by Crippen LogP contribution is -2.14. The molecular weight excluding hydrogens is 211 g/mol. The van der Waals surface area contributed by atoms with Crippen molar-refractivity contribution in [2.75, 3.05) is 12.4 Å². The van der Waals surface area contributed by atoms with E-state index < -0.39 is 12.0 Å². The number of aromatic nitrogens is 4. The third-order valence-electron chi connectivity index (χ3n) is 1.82. The summed E-state index contributed by atoms with van der Waals surface area (Å²) in [6, 6.07) is 0. The number of hydrogen-bond donors (Lipinski definition) is 2. The van der Waals surface area contributed by atoms with Gasteiger partial charge < -0.3 is 5.32 Å². The summed E-state index contributed by atoms with van der Waals surface area (Å²) in [6.45, 7) is 0. The van der Waals surface area contributed by atoms with Crippen LogP contribution in [0.1, 0.15) is 5.82 Å². The molecule has 2 rings (SSSR count). The van der Waals surface area contributed by atoms with E-state index in [-0.39, 0.29) is 11.5 Å². The van der Waals surface area contributed by atoms with Gasteiger partial charge in [-0.25, -0.2) is 4.98 Å². The molecule has 0 amide bonds. The second-order valence-electron chi connectivity index (χ2n) is 2.80. The van der Waals surface area contributed by atoms with Gasteiger partial charge in [-0.3, -0.25) is 4.98 Å². The number of nitrogens with zero attached hydrogens (tertiary/aromatic N) is 2. The number of anilines is 1. The molecule has 0 bridgehead atoms. The van der Waals surface area contributed by atoms with Gasteiger partial charge in [-0.15, -0.1) is 0 Å². The molecule has 0 fully saturated rings. The van der Waals surface area contributed by atoms with E-state index in [0.29, 0.717) is 5.52 Å². The van der Waals surface area contributed by atoms with Crippen LogP contribution in [0.15, 0.2) is 6.33 Å². The predicted molar refractivity (Wildman–Crippen MR) is 45.0 cm³/mol. The molecule has 0 spiro atoms. The number of fused-ring (bicyclic) bond motifs is 1. The van der Waals surface area contributed by atoms with Crippen molar-refractivity contribution < 1.29 is 18.2 Å². The molecule has 3 N–H and O–H groups in total. The van der Waals surface area contributed by atoms with Gasteiger partial charge in [0.2, 0.25) is 5.52 Å². The molecule has 0 saturated carbocycles. The maximum Gasteiger partial charge on any atom is 0.468 e. The highest BCUT2D eigenvalue weighted by molar-refractivity contribution is 5.79. The van der Waals surface area contributed by atoms with Crippen molar-refractivity contribution in [3.63, 3.8) is 0 Å². The van der Waals surface area contributed by atoms with Crippen molar-refractivity contribution in [1.82, 2.24) is 15.0 Å². The summed E-state index contributed by atoms with van der Waals surface area (Å²) in [5.74, 6) is -1.07. The maximum absolute atomic E-state index is 12.4. The Hall–Kier alpha value is -1.86. The van der Waals surface area contributed by atoms with E-state index in [4.69, 9.17) is 0 Å². The van der Waals surface area contributed by atoms with Crippen LogP contribution >= 0.6 is 0 Å². The Balaban J connectivity index is 2.69. The number of imidazole rings is 1. The summed E-state index contributed by atoms with van der Waals surface area (Å²) in [6.07, 6.45) is -3.16. The summed E-state index contributed by atoms with van der Waals surface area (Å²) in [7, 11) is 1.49. The van der Waals surface area contributed by atoms with Crippen LogP contribution in [0.4, 0.5) is 19.0 Å². The summed E-state index contributed by atoms with van der Waals surface area (Å²) < 4.78 is 37.1. The highest BCUT2D eigenvalue weighted by Crippen LogP contribution is 2.28. The molecule has 0 radical (unpaired) electrons. The fraction of sp³-hybridized carbons (Fsp3) is 0.286. The van der Waals surface area contributed by atoms with Gasteiger partial charge in [0.25, 0.3) is 0 Å². The van der Waals surface area contributed by atoms with Crippen molar-refractivity contribution in [3.05, 3.63) is 12.2 Å². The first-order chi connectivity index (χ1) is 7.02. The normalized spacial score (nSPS) is 12.0. The topological polar surface area (TPSA) is 67.7 Å². The van der Waals surface area contributed by atoms with E-state index in [2.05, 4.69) is 25.3 Å². The lowest BCUT2D eigenvalue weighted by atomic mass is 10.4. The van der Waals surface area contributed by atoms with Gasteiger partial charge in [0.15, 0.2) is 12.1 Å². The zero-order chi connectivity index (χ0) is 11.1. The van der Waals surface area contributed by atoms with E-state index >= 15 is 0 Å². The van der Waals surface area contributed by atoms with Gasteiger partial charge in [0.05, 0.1) is 0 Å². The largest absolute Gasteiger partial charge is 0.468 e. The minimum Gasteiger partial charge on any atom is -0.370 e. The Morgan fingerprint density at radius 1 is 1.40 bits per heavy atom. The predicted octanol–water partition coefficient (Wildman–Crippen LogP) is 0.833. The van der Waals surface area contributed by atoms with Crippen molar-refractivity contribution >= 4 is 17.0 Å². The molecule has 0 atom stereocenters. The molecule has 80 valence electrons. The van der Waals surface area contributed by atoms with Gasteiger partial charge in [-0.05, 0) is 0 Å². The molecule has 0 aliphatic heterocycles. The van der Waals surface area contributed by atoms with Crippen LogP contribution in [-0.2, 0) is 6.18 Å². The van der Waals surface area contributed by atoms with Crippen LogP contribution in [0.5, 0.6) is 0 Å². The molecule has 0 unspecified atom stereocenters. The average molecular weight is 218 g/mol. The molecule has 2 heterocycles. The van der Waals surface area contributed by atoms with Crippen molar-refractivity contribution in [2.45, 2.75) is 6.18 Å². The molecule has 5 nitrogen and oxygen atoms in total. The van der Waals surface area contributed by atoms with Gasteiger partial charge in [-0.2, -0.15) is 18.2 Å². The Bertz CT molecular complexity index is 489. The SMILES string of the molecule is CNc1nc(C(F)(F)F)nc2[nH+]c[nH]c12. The number of nitrogens with one attached hydrogen (secondary N) is 3. The van der Waals surface area contributed by atoms with E-state index in [9.17, 15) is 13.2 Å². The lowest BCUT2D eigenvalue weighted by Gasteiger charge is -2.02. The highest BCUT2D eigenvalue weighted by Gasteiger charge is 2.39. The summed E-state index contributed by atoms with van der Waals surface area (Å²) in [5, 5.41) is 2.57. The van der Waals surface area contributed by atoms with Crippen molar-refractivity contribution in [3.8, 4) is 0 Å². The molecular formula is C7H7F3N5+. The summed E-state index contributed by atoms with van der Waals surface area (Å²) >= 11 is 0. The third kappa shape index (κ3) is 1.58. The Morgan fingerprint density at radius 2 is 2.13 bits per heavy atom. The first kappa shape index (κ1) is 9.69. The standard InChI is InChI=1S/C7H6F3N5/c1-11-4-3-5(13-2-12-3)15-6(14-4)7(8,9)10/h2H,1H3,(H2,11,12,13,14,15)/p+1. The van der Waals surface area contributed by atoms with Crippen molar-refractivity contribution in [2.24, 2.45) is 0 Å². The van der Waals surface area contributed by atoms with Crippen LogP contribution < -0.4 is 10.3 Å². The van der Waals surface area contributed by atoms with Crippen LogP contribution in [0.25, 0.3) is 11.2 Å². The van der Waals surface area contributed by atoms with Gasteiger partial charge in [0, 0.05) is 7.05 Å². The molecule has 0 aliphatic carbocycles. The summed E-state index contributed by atoms with van der Waals surface area (Å²) in [5.41, 5.74) is 0.521. The second-order valence-corrected chi connectivity index (χ2v) is 2.80. The Labute approximate surface area is 81.8 Å². The first-order valence-electron chi connectivity index (χ1n) is 4.04. The zero-order valence-corrected chi connectivity index (χ0v) is 7.61. The Kier molecular flexibility index (Phi) is 1.98. The number of hydrogen-bond acceptors (Lipinski definition) is 3. The van der Waals surface area contributed by atoms with E-state index in [1.807, 2.05) is 0 Å². The van der Waals surface area contributed by atoms with E-state index in [0.717, 1.165) is 0 Å². The van der Waals surface area contributed by atoms with E-state index in [1.165, 1.54) is 13.4 Å². The molecule has 0 aliphatic rings. The number of halogens is 3. The maximum atomic E-state index is 12.4. The lowest BCUT2D eigenvalue weighted by molar-refractivity contribution is -0.347. The number of H-pyrrole nitrogens is 2. The van der Waals surface area contributed by atoms with Crippen LogP contribution in [0, 0.1) is 0 Å². The smallest absolute Gasteiger partial charge is 0.370 e. The minimum atomic E-state index is -4.55. The summed E-state index contributed by atoms with van der Waals surface area (Å²) in [4.78, 5) is 12.0. The zero-order valence-electron chi connectivity index (χ0n) is 7.61. The highest BCUT2D eigenvalue weighted by atomic mass is 19.4. The molecule has 0 aromatic carbocycles. The monoisotopic (exact) mass is 218 g/mol. The third-order valence-corrected chi connectivity index (χ3v) is 1.82. The van der Waals surface area contributed by atoms with Crippen LogP contribution in [0.3, 0.4) is 0 Å². The molecule has 8 heteroatoms. The number of aromatic amines is 2. The second kappa shape index (κ2) is 3.07. The van der Waals surface area contributed by atoms with Gasteiger partial charge in [-0.1, -0.05) is 4.98 Å². The van der Waals surface area contributed by atoms with Crippen LogP contribution in [0.2, 0.25) is 0 Å². The van der Waals surface area contributed by atoms with Gasteiger partial charge in [0.1, 0.15) is 0 Å². The fourth-order valence-corrected chi connectivity index (χ4v) is 1.19. The van der Waals surface area contributed by atoms with Gasteiger partial charge >= 0.3 is 17.6 Å².